The van der Waals surface area contributed by atoms with E-state index in [9.17, 15) is 19.2 Å². The van der Waals surface area contributed by atoms with Crippen molar-refractivity contribution in [2.75, 3.05) is 25.5 Å². The molecule has 8 nitrogen and oxygen atoms in total. The van der Waals surface area contributed by atoms with Crippen LogP contribution in [0.1, 0.15) is 6.92 Å². The van der Waals surface area contributed by atoms with Crippen LogP contribution < -0.4 is 5.32 Å². The molecule has 1 aromatic rings. The minimum atomic E-state index is -1.18. The Morgan fingerprint density at radius 2 is 1.88 bits per heavy atom. The van der Waals surface area contributed by atoms with Gasteiger partial charge in [0.25, 0.3) is 11.8 Å². The smallest absolute Gasteiger partial charge is 0.327 e. The van der Waals surface area contributed by atoms with Gasteiger partial charge in [-0.15, -0.1) is 0 Å². The van der Waals surface area contributed by atoms with Crippen LogP contribution in [-0.4, -0.2) is 59.9 Å². The Morgan fingerprint density at radius 1 is 1.28 bits per heavy atom. The number of para-hydroxylation sites is 1. The lowest BCUT2D eigenvalue weighted by Gasteiger charge is -2.17. The van der Waals surface area contributed by atoms with Crippen LogP contribution in [-0.2, 0) is 19.1 Å². The van der Waals surface area contributed by atoms with E-state index in [-0.39, 0.29) is 22.3 Å². The summed E-state index contributed by atoms with van der Waals surface area (Å²) in [5.41, 5.74) is 0.199. The predicted molar refractivity (Wildman–Crippen MR) is 90.4 cm³/mol. The Kier molecular flexibility index (Phi) is 5.86. The van der Waals surface area contributed by atoms with E-state index in [0.717, 1.165) is 4.90 Å². The number of halogens is 2. The van der Waals surface area contributed by atoms with Crippen molar-refractivity contribution in [2.24, 2.45) is 0 Å². The van der Waals surface area contributed by atoms with Crippen molar-refractivity contribution < 1.29 is 23.9 Å². The van der Waals surface area contributed by atoms with Crippen LogP contribution in [0.15, 0.2) is 18.2 Å². The van der Waals surface area contributed by atoms with Crippen LogP contribution in [0.4, 0.5) is 10.5 Å². The number of urea groups is 1. The second kappa shape index (κ2) is 7.71. The van der Waals surface area contributed by atoms with Crippen molar-refractivity contribution in [1.82, 2.24) is 9.80 Å². The monoisotopic (exact) mass is 387 g/mol. The molecule has 0 radical (unpaired) electrons. The number of anilines is 1. The molecule has 1 heterocycles. The van der Waals surface area contributed by atoms with E-state index >= 15 is 0 Å². The summed E-state index contributed by atoms with van der Waals surface area (Å²) in [7, 11) is 1.44. The molecule has 0 unspecified atom stereocenters. The lowest BCUT2D eigenvalue weighted by Crippen LogP contribution is -2.39. The van der Waals surface area contributed by atoms with Gasteiger partial charge < -0.3 is 15.0 Å². The summed E-state index contributed by atoms with van der Waals surface area (Å²) in [6.07, 6.45) is -1.18. The zero-order valence-corrected chi connectivity index (χ0v) is 14.9. The third-order valence-corrected chi connectivity index (χ3v) is 4.04. The van der Waals surface area contributed by atoms with E-state index in [1.54, 1.807) is 18.2 Å². The molecule has 0 bridgehead atoms. The van der Waals surface area contributed by atoms with E-state index in [0.29, 0.717) is 0 Å². The number of likely N-dealkylation sites (N-methyl/N-ethyl adjacent to an activating group) is 1. The molecule has 1 atom stereocenters. The summed E-state index contributed by atoms with van der Waals surface area (Å²) >= 11 is 11.9. The van der Waals surface area contributed by atoms with E-state index in [1.165, 1.54) is 18.9 Å². The maximum atomic E-state index is 12.1. The van der Waals surface area contributed by atoms with Crippen LogP contribution in [0, 0.1) is 0 Å². The SMILES string of the molecule is C[C@H](OC(=O)CN1C(=O)CN(C)C1=O)C(=O)Nc1c(Cl)cccc1Cl. The second-order valence-electron chi connectivity index (χ2n) is 5.34. The molecule has 1 N–H and O–H groups in total. The number of hydrogen-bond acceptors (Lipinski definition) is 5. The highest BCUT2D eigenvalue weighted by molar-refractivity contribution is 6.39. The number of esters is 1. The summed E-state index contributed by atoms with van der Waals surface area (Å²) < 4.78 is 4.96. The van der Waals surface area contributed by atoms with Gasteiger partial charge in [0.05, 0.1) is 15.7 Å². The molecule has 1 aliphatic rings. The Balaban J connectivity index is 1.94. The van der Waals surface area contributed by atoms with Gasteiger partial charge in [0.1, 0.15) is 13.1 Å². The fraction of sp³-hybridized carbons (Fsp3) is 0.333. The lowest BCUT2D eigenvalue weighted by atomic mass is 10.3. The van der Waals surface area contributed by atoms with Gasteiger partial charge in [-0.3, -0.25) is 19.3 Å². The average Bonchev–Trinajstić information content (AvgIpc) is 2.77. The first-order valence-electron chi connectivity index (χ1n) is 7.20. The van der Waals surface area contributed by atoms with E-state index in [2.05, 4.69) is 5.32 Å². The van der Waals surface area contributed by atoms with Crippen molar-refractivity contribution in [3.8, 4) is 0 Å². The maximum absolute atomic E-state index is 12.1. The Labute approximate surface area is 153 Å². The minimum Gasteiger partial charge on any atom is -0.451 e. The second-order valence-corrected chi connectivity index (χ2v) is 6.15. The average molecular weight is 388 g/mol. The fourth-order valence-electron chi connectivity index (χ4n) is 2.08. The first kappa shape index (κ1) is 19.0. The first-order valence-corrected chi connectivity index (χ1v) is 7.96. The molecule has 25 heavy (non-hydrogen) atoms. The van der Waals surface area contributed by atoms with Crippen molar-refractivity contribution in [3.63, 3.8) is 0 Å². The highest BCUT2D eigenvalue weighted by Gasteiger charge is 2.35. The molecule has 1 saturated heterocycles. The van der Waals surface area contributed by atoms with Gasteiger partial charge in [-0.05, 0) is 19.1 Å². The van der Waals surface area contributed by atoms with E-state index in [4.69, 9.17) is 27.9 Å². The van der Waals surface area contributed by atoms with Crippen molar-refractivity contribution >= 4 is 52.7 Å². The molecule has 10 heteroatoms. The highest BCUT2D eigenvalue weighted by Crippen LogP contribution is 2.29. The number of carbonyl (C=O) groups is 4. The van der Waals surface area contributed by atoms with Crippen LogP contribution in [0.2, 0.25) is 10.0 Å². The zero-order chi connectivity index (χ0) is 18.7. The number of carbonyl (C=O) groups excluding carboxylic acids is 4. The van der Waals surface area contributed by atoms with Gasteiger partial charge >= 0.3 is 12.0 Å². The summed E-state index contributed by atoms with van der Waals surface area (Å²) in [6.45, 7) is 0.678. The van der Waals surface area contributed by atoms with Crippen molar-refractivity contribution in [1.29, 1.82) is 0 Å². The number of ether oxygens (including phenoxy) is 1. The molecule has 0 aliphatic carbocycles. The molecule has 0 spiro atoms. The van der Waals surface area contributed by atoms with Crippen LogP contribution in [0.3, 0.4) is 0 Å². The number of benzene rings is 1. The van der Waals surface area contributed by atoms with Gasteiger partial charge in [-0.1, -0.05) is 29.3 Å². The number of amides is 4. The topological polar surface area (TPSA) is 96.0 Å². The normalized spacial score (nSPS) is 15.4. The Hall–Kier alpha value is -2.32. The van der Waals surface area contributed by atoms with Crippen LogP contribution >= 0.6 is 23.2 Å². The molecule has 134 valence electrons. The van der Waals surface area contributed by atoms with E-state index in [1.807, 2.05) is 0 Å². The molecule has 1 fully saturated rings. The molecule has 0 aromatic heterocycles. The van der Waals surface area contributed by atoms with Crippen LogP contribution in [0.25, 0.3) is 0 Å². The summed E-state index contributed by atoms with van der Waals surface area (Å²) in [6, 6.07) is 4.11. The number of nitrogens with one attached hydrogen (secondary N) is 1. The molecule has 2 rings (SSSR count). The van der Waals surface area contributed by atoms with Gasteiger partial charge in [0.2, 0.25) is 0 Å². The summed E-state index contributed by atoms with van der Waals surface area (Å²) in [4.78, 5) is 49.2. The summed E-state index contributed by atoms with van der Waals surface area (Å²) in [5.74, 6) is -2.05. The zero-order valence-electron chi connectivity index (χ0n) is 13.4. The number of rotatable bonds is 5. The Morgan fingerprint density at radius 3 is 2.40 bits per heavy atom. The number of hydrogen-bond donors (Lipinski definition) is 1. The van der Waals surface area contributed by atoms with E-state index < -0.39 is 36.5 Å². The molecule has 1 aliphatic heterocycles. The highest BCUT2D eigenvalue weighted by atomic mass is 35.5. The third kappa shape index (κ3) is 4.40. The summed E-state index contributed by atoms with van der Waals surface area (Å²) in [5, 5.41) is 2.93. The van der Waals surface area contributed by atoms with Crippen molar-refractivity contribution in [2.45, 2.75) is 13.0 Å². The Bertz CT molecular complexity index is 720. The van der Waals surface area contributed by atoms with Gasteiger partial charge in [-0.25, -0.2) is 4.79 Å². The van der Waals surface area contributed by atoms with Crippen LogP contribution in [0.5, 0.6) is 0 Å². The quantitative estimate of drug-likeness (QED) is 0.613. The number of nitrogens with zero attached hydrogens (tertiary/aromatic N) is 2. The molecule has 1 aromatic carbocycles. The fourth-order valence-corrected chi connectivity index (χ4v) is 2.58. The molecular weight excluding hydrogens is 373 g/mol. The van der Waals surface area contributed by atoms with Gasteiger partial charge in [0, 0.05) is 7.05 Å². The standard InChI is InChI=1S/C15H15Cl2N3O5/c1-8(14(23)18-13-9(16)4-3-5-10(13)17)25-12(22)7-20-11(21)6-19(2)15(20)24/h3-5,8H,6-7H2,1-2H3,(H,18,23)/t8-/m0/s1. The maximum Gasteiger partial charge on any atom is 0.327 e. The third-order valence-electron chi connectivity index (χ3n) is 3.41. The first-order chi connectivity index (χ1) is 11.7. The van der Waals surface area contributed by atoms with Crippen molar-refractivity contribution in [3.05, 3.63) is 28.2 Å². The molecular formula is C15H15Cl2N3O5. The predicted octanol–water partition coefficient (Wildman–Crippen LogP) is 1.76. The van der Waals surface area contributed by atoms with Gasteiger partial charge in [0.15, 0.2) is 6.10 Å². The molecule has 0 saturated carbocycles. The van der Waals surface area contributed by atoms with Gasteiger partial charge in [-0.2, -0.15) is 0 Å². The minimum absolute atomic E-state index is 0.104. The number of imide groups is 1. The largest absolute Gasteiger partial charge is 0.451 e. The lowest BCUT2D eigenvalue weighted by molar-refractivity contribution is -0.154. The molecule has 4 amide bonds.